The van der Waals surface area contributed by atoms with E-state index >= 15 is 0 Å². The molecule has 0 saturated carbocycles. The molecule has 4 atom stereocenters. The number of hydrogen-bond donors (Lipinski definition) is 1. The Kier molecular flexibility index (Phi) is 34.9. The first-order valence-corrected chi connectivity index (χ1v) is 19.2. The molecule has 0 aliphatic carbocycles. The van der Waals surface area contributed by atoms with Gasteiger partial charge in [-0.25, -0.2) is 0 Å². The highest BCUT2D eigenvalue weighted by Crippen LogP contribution is 2.21. The second-order valence-electron chi connectivity index (χ2n) is 12.8. The van der Waals surface area contributed by atoms with Crippen molar-refractivity contribution in [3.8, 4) is 0 Å². The zero-order chi connectivity index (χ0) is 32.4. The summed E-state index contributed by atoms with van der Waals surface area (Å²) >= 11 is 0. The van der Waals surface area contributed by atoms with Crippen LogP contribution in [0.4, 0.5) is 0 Å². The van der Waals surface area contributed by atoms with Gasteiger partial charge in [0.15, 0.2) is 6.29 Å². The van der Waals surface area contributed by atoms with Crippen LogP contribution in [0.2, 0.25) is 0 Å². The van der Waals surface area contributed by atoms with E-state index in [0.717, 1.165) is 57.7 Å². The van der Waals surface area contributed by atoms with Gasteiger partial charge >= 0.3 is 0 Å². The summed E-state index contributed by atoms with van der Waals surface area (Å²) in [4.78, 5) is 12.5. The average Bonchev–Trinajstić information content (AvgIpc) is 3.04. The van der Waals surface area contributed by atoms with Gasteiger partial charge in [0.25, 0.3) is 0 Å². The zero-order valence-corrected chi connectivity index (χ0v) is 29.9. The number of aliphatic hydroxyl groups excluding tert-OH is 1. The van der Waals surface area contributed by atoms with Gasteiger partial charge in [0, 0.05) is 26.4 Å². The van der Waals surface area contributed by atoms with Gasteiger partial charge in [0.1, 0.15) is 24.4 Å². The molecule has 1 N–H and O–H groups in total. The summed E-state index contributed by atoms with van der Waals surface area (Å²) in [6, 6.07) is 0. The lowest BCUT2D eigenvalue weighted by Crippen LogP contribution is -2.51. The molecule has 0 aromatic rings. The standard InChI is InChI=1S/C38H76O6/c1-5-9-13-17-21-25-29-41-35(33-39)37(43-31-27-23-19-15-11-7-3)38(44-32-28-24-20-16-12-8-4)36(34-40)42-30-26-22-18-14-10-6-2/h33,35-38,40H,5-32,34H2,1-4H3/t35-,36+,37+,38+/m0/s1. The van der Waals surface area contributed by atoms with Gasteiger partial charge in [-0.2, -0.15) is 0 Å². The van der Waals surface area contributed by atoms with E-state index in [2.05, 4.69) is 27.7 Å². The predicted octanol–water partition coefficient (Wildman–Crippen LogP) is 10.2. The molecule has 0 aliphatic rings. The van der Waals surface area contributed by atoms with Crippen LogP contribution < -0.4 is 0 Å². The van der Waals surface area contributed by atoms with Crippen LogP contribution in [-0.4, -0.2) is 68.8 Å². The molecular formula is C38H76O6. The predicted molar refractivity (Wildman–Crippen MR) is 186 cm³/mol. The summed E-state index contributed by atoms with van der Waals surface area (Å²) in [5, 5.41) is 10.5. The summed E-state index contributed by atoms with van der Waals surface area (Å²) in [5.41, 5.74) is 0. The average molecular weight is 629 g/mol. The molecule has 0 unspecified atom stereocenters. The van der Waals surface area contributed by atoms with Gasteiger partial charge in [-0.15, -0.1) is 0 Å². The van der Waals surface area contributed by atoms with Crippen LogP contribution in [0.3, 0.4) is 0 Å². The minimum Gasteiger partial charge on any atom is -0.394 e. The van der Waals surface area contributed by atoms with Gasteiger partial charge in [-0.1, -0.05) is 156 Å². The van der Waals surface area contributed by atoms with Gasteiger partial charge in [-0.05, 0) is 25.7 Å². The maximum Gasteiger partial charge on any atom is 0.151 e. The molecule has 44 heavy (non-hydrogen) atoms. The molecular weight excluding hydrogens is 552 g/mol. The van der Waals surface area contributed by atoms with E-state index in [1.54, 1.807) is 0 Å². The van der Waals surface area contributed by atoms with Crippen molar-refractivity contribution in [1.82, 2.24) is 0 Å². The molecule has 0 saturated heterocycles. The topological polar surface area (TPSA) is 74.2 Å². The van der Waals surface area contributed by atoms with E-state index in [1.165, 1.54) is 103 Å². The van der Waals surface area contributed by atoms with Crippen LogP contribution in [0.5, 0.6) is 0 Å². The third kappa shape index (κ3) is 25.6. The quantitative estimate of drug-likeness (QED) is 0.0545. The van der Waals surface area contributed by atoms with Gasteiger partial charge in [0.2, 0.25) is 0 Å². The van der Waals surface area contributed by atoms with Crippen LogP contribution in [0.25, 0.3) is 0 Å². The Morgan fingerprint density at radius 3 is 1.11 bits per heavy atom. The maximum atomic E-state index is 12.5. The Bertz CT molecular complexity index is 559. The summed E-state index contributed by atoms with van der Waals surface area (Å²) in [5.74, 6) is 0. The zero-order valence-electron chi connectivity index (χ0n) is 29.9. The smallest absolute Gasteiger partial charge is 0.151 e. The summed E-state index contributed by atoms with van der Waals surface area (Å²) in [6.07, 6.45) is 26.5. The number of aliphatic hydroxyl groups is 1. The Labute approximate surface area is 274 Å². The summed E-state index contributed by atoms with van der Waals surface area (Å²) in [6.45, 7) is 11.0. The molecule has 0 fully saturated rings. The third-order valence-corrected chi connectivity index (χ3v) is 8.58. The fraction of sp³-hybridized carbons (Fsp3) is 0.974. The molecule has 6 nitrogen and oxygen atoms in total. The van der Waals surface area contributed by atoms with Crippen LogP contribution in [0, 0.1) is 0 Å². The van der Waals surface area contributed by atoms with Crippen molar-refractivity contribution in [2.75, 3.05) is 33.0 Å². The van der Waals surface area contributed by atoms with Gasteiger partial charge < -0.3 is 28.8 Å². The normalized spacial score (nSPS) is 14.5. The van der Waals surface area contributed by atoms with E-state index in [4.69, 9.17) is 18.9 Å². The number of unbranched alkanes of at least 4 members (excludes halogenated alkanes) is 20. The number of carbonyl (C=O) groups is 1. The SMILES string of the molecule is CCCCCCCCO[C@@H]([C@H](OCCCCCCCC)[C@@H](CO)OCCCCCCCC)[C@H](C=O)OCCCCCCCC. The van der Waals surface area contributed by atoms with Crippen molar-refractivity contribution in [2.24, 2.45) is 0 Å². The third-order valence-electron chi connectivity index (χ3n) is 8.58. The van der Waals surface area contributed by atoms with Crippen LogP contribution in [0.15, 0.2) is 0 Å². The van der Waals surface area contributed by atoms with Gasteiger partial charge in [-0.3, -0.25) is 0 Å². The summed E-state index contributed by atoms with van der Waals surface area (Å²) in [7, 11) is 0. The highest BCUT2D eigenvalue weighted by Gasteiger charge is 2.38. The lowest BCUT2D eigenvalue weighted by atomic mass is 10.0. The molecule has 0 aromatic carbocycles. The van der Waals surface area contributed by atoms with E-state index < -0.39 is 24.4 Å². The fourth-order valence-electron chi connectivity index (χ4n) is 5.68. The second-order valence-corrected chi connectivity index (χ2v) is 12.8. The van der Waals surface area contributed by atoms with Gasteiger partial charge in [0.05, 0.1) is 6.61 Å². The van der Waals surface area contributed by atoms with Crippen LogP contribution in [0.1, 0.15) is 182 Å². The number of ether oxygens (including phenoxy) is 4. The van der Waals surface area contributed by atoms with Crippen molar-refractivity contribution < 1.29 is 28.8 Å². The molecule has 0 heterocycles. The first-order valence-electron chi connectivity index (χ1n) is 19.2. The van der Waals surface area contributed by atoms with E-state index in [9.17, 15) is 9.90 Å². The van der Waals surface area contributed by atoms with Crippen molar-refractivity contribution in [3.63, 3.8) is 0 Å². The van der Waals surface area contributed by atoms with E-state index in [0.29, 0.717) is 26.4 Å². The van der Waals surface area contributed by atoms with Crippen molar-refractivity contribution in [1.29, 1.82) is 0 Å². The van der Waals surface area contributed by atoms with Crippen molar-refractivity contribution >= 4 is 6.29 Å². The molecule has 0 rings (SSSR count). The maximum absolute atomic E-state index is 12.5. The second kappa shape index (κ2) is 35.3. The minimum atomic E-state index is -0.744. The lowest BCUT2D eigenvalue weighted by molar-refractivity contribution is -0.184. The fourth-order valence-corrected chi connectivity index (χ4v) is 5.68. The van der Waals surface area contributed by atoms with Crippen LogP contribution >= 0.6 is 0 Å². The largest absolute Gasteiger partial charge is 0.394 e. The first kappa shape index (κ1) is 43.5. The highest BCUT2D eigenvalue weighted by molar-refractivity contribution is 5.57. The first-order chi connectivity index (χ1) is 21.7. The monoisotopic (exact) mass is 629 g/mol. The Morgan fingerprint density at radius 2 is 0.750 bits per heavy atom. The minimum absolute atomic E-state index is 0.170. The molecule has 0 radical (unpaired) electrons. The number of aldehydes is 1. The van der Waals surface area contributed by atoms with E-state index in [-0.39, 0.29) is 6.61 Å². The number of hydrogen-bond acceptors (Lipinski definition) is 6. The molecule has 6 heteroatoms. The lowest BCUT2D eigenvalue weighted by Gasteiger charge is -2.35. The van der Waals surface area contributed by atoms with Crippen molar-refractivity contribution in [2.45, 2.75) is 206 Å². The van der Waals surface area contributed by atoms with E-state index in [1.807, 2.05) is 0 Å². The number of carbonyl (C=O) groups excluding carboxylic acids is 1. The Balaban J connectivity index is 5.44. The van der Waals surface area contributed by atoms with Crippen LogP contribution in [-0.2, 0) is 23.7 Å². The molecule has 0 aromatic heterocycles. The molecule has 0 spiro atoms. The highest BCUT2D eigenvalue weighted by atomic mass is 16.6. The summed E-state index contributed by atoms with van der Waals surface area (Å²) < 4.78 is 25.4. The molecule has 264 valence electrons. The number of rotatable bonds is 37. The Hall–Kier alpha value is -0.530. The molecule has 0 bridgehead atoms. The van der Waals surface area contributed by atoms with Crippen molar-refractivity contribution in [3.05, 3.63) is 0 Å². The molecule has 0 aliphatic heterocycles. The Morgan fingerprint density at radius 1 is 0.432 bits per heavy atom. The molecule has 0 amide bonds.